The summed E-state index contributed by atoms with van der Waals surface area (Å²) in [4.78, 5) is 16.0. The molecule has 2 amide bonds. The van der Waals surface area contributed by atoms with Crippen LogP contribution in [0.5, 0.6) is 0 Å². The van der Waals surface area contributed by atoms with E-state index in [1.54, 1.807) is 24.3 Å². The smallest absolute Gasteiger partial charge is 0.322 e. The van der Waals surface area contributed by atoms with E-state index in [0.29, 0.717) is 25.2 Å². The number of piperazine rings is 1. The lowest BCUT2D eigenvalue weighted by Crippen LogP contribution is -2.51. The summed E-state index contributed by atoms with van der Waals surface area (Å²) in [5, 5.41) is 2.16. The molecule has 1 heterocycles. The molecule has 0 spiro atoms. The molecule has 3 aromatic rings. The van der Waals surface area contributed by atoms with Gasteiger partial charge in [-0.25, -0.2) is 26.7 Å². The number of hydrogen-bond donors (Lipinski definition) is 1. The Morgan fingerprint density at radius 2 is 1.15 bits per heavy atom. The van der Waals surface area contributed by atoms with Crippen molar-refractivity contribution >= 4 is 11.7 Å². The molecule has 3 aromatic carbocycles. The molecule has 1 saturated heterocycles. The van der Waals surface area contributed by atoms with Crippen molar-refractivity contribution in [3.63, 3.8) is 0 Å². The van der Waals surface area contributed by atoms with Gasteiger partial charge in [0.25, 0.3) is 0 Å². The average molecular weight is 461 g/mol. The molecule has 0 bridgehead atoms. The van der Waals surface area contributed by atoms with Crippen molar-refractivity contribution in [2.24, 2.45) is 0 Å². The van der Waals surface area contributed by atoms with E-state index in [9.17, 15) is 26.7 Å². The number of hydrogen-bond acceptors (Lipinski definition) is 2. The normalized spacial score (nSPS) is 14.5. The fourth-order valence-corrected chi connectivity index (χ4v) is 3.94. The number of carbonyl (C=O) groups excluding carboxylic acids is 1. The van der Waals surface area contributed by atoms with Gasteiger partial charge >= 0.3 is 6.03 Å². The summed E-state index contributed by atoms with van der Waals surface area (Å²) in [6.07, 6.45) is 0. The maximum Gasteiger partial charge on any atom is 0.322 e. The van der Waals surface area contributed by atoms with Gasteiger partial charge in [-0.15, -0.1) is 0 Å². The zero-order valence-corrected chi connectivity index (χ0v) is 17.4. The van der Waals surface area contributed by atoms with Crippen LogP contribution in [0.4, 0.5) is 32.4 Å². The number of carbonyl (C=O) groups is 1. The second-order valence-corrected chi connectivity index (χ2v) is 7.70. The number of amides is 2. The SMILES string of the molecule is O=C(Nc1c(F)cc(F)cc1F)N1CCN(C(c2ccc(F)cc2)c2ccc(F)cc2)CC1. The van der Waals surface area contributed by atoms with E-state index >= 15 is 0 Å². The zero-order valence-electron chi connectivity index (χ0n) is 17.4. The van der Waals surface area contributed by atoms with Gasteiger partial charge in [-0.2, -0.15) is 0 Å². The van der Waals surface area contributed by atoms with Crippen LogP contribution in [0.3, 0.4) is 0 Å². The lowest BCUT2D eigenvalue weighted by Gasteiger charge is -2.39. The molecule has 9 heteroatoms. The zero-order chi connectivity index (χ0) is 23.5. The first-order valence-corrected chi connectivity index (χ1v) is 10.3. The Balaban J connectivity index is 1.49. The number of rotatable bonds is 4. The molecule has 1 aliphatic rings. The van der Waals surface area contributed by atoms with E-state index in [1.807, 2.05) is 0 Å². The average Bonchev–Trinajstić information content (AvgIpc) is 2.79. The molecular formula is C24H20F5N3O. The van der Waals surface area contributed by atoms with Crippen LogP contribution in [-0.2, 0) is 0 Å². The summed E-state index contributed by atoms with van der Waals surface area (Å²) in [6, 6.07) is 12.0. The van der Waals surface area contributed by atoms with Crippen LogP contribution in [0.1, 0.15) is 17.2 Å². The first kappa shape index (κ1) is 22.7. The highest BCUT2D eigenvalue weighted by molar-refractivity contribution is 5.89. The van der Waals surface area contributed by atoms with Gasteiger partial charge in [0.1, 0.15) is 23.1 Å². The quantitative estimate of drug-likeness (QED) is 0.534. The van der Waals surface area contributed by atoms with Crippen LogP contribution >= 0.6 is 0 Å². The van der Waals surface area contributed by atoms with Crippen LogP contribution in [0, 0.1) is 29.1 Å². The standard InChI is InChI=1S/C24H20F5N3O/c25-17-5-1-15(2-6-17)23(16-3-7-18(26)8-4-16)31-9-11-32(12-10-31)24(33)30-22-20(28)13-19(27)14-21(22)29/h1-8,13-14,23H,9-12H2,(H,30,33). The summed E-state index contributed by atoms with van der Waals surface area (Å²) in [7, 11) is 0. The molecular weight excluding hydrogens is 441 g/mol. The topological polar surface area (TPSA) is 35.6 Å². The van der Waals surface area contributed by atoms with Gasteiger partial charge in [0.05, 0.1) is 6.04 Å². The molecule has 4 nitrogen and oxygen atoms in total. The third kappa shape index (κ3) is 5.14. The lowest BCUT2D eigenvalue weighted by atomic mass is 9.96. The maximum atomic E-state index is 13.9. The van der Waals surface area contributed by atoms with Crippen LogP contribution in [0.2, 0.25) is 0 Å². The number of anilines is 1. The van der Waals surface area contributed by atoms with Gasteiger partial charge in [0.15, 0.2) is 11.6 Å². The second kappa shape index (κ2) is 9.58. The molecule has 1 N–H and O–H groups in total. The van der Waals surface area contributed by atoms with Gasteiger partial charge in [-0.3, -0.25) is 4.90 Å². The minimum Gasteiger partial charge on any atom is -0.322 e. The fourth-order valence-electron chi connectivity index (χ4n) is 3.94. The third-order valence-electron chi connectivity index (χ3n) is 5.58. The Labute approximate surface area is 187 Å². The Kier molecular flexibility index (Phi) is 6.60. The Morgan fingerprint density at radius 1 is 0.697 bits per heavy atom. The van der Waals surface area contributed by atoms with E-state index in [4.69, 9.17) is 0 Å². The van der Waals surface area contributed by atoms with Gasteiger partial charge < -0.3 is 10.2 Å². The minimum atomic E-state index is -1.20. The summed E-state index contributed by atoms with van der Waals surface area (Å²) in [5.74, 6) is -4.24. The number of nitrogens with zero attached hydrogens (tertiary/aromatic N) is 2. The van der Waals surface area contributed by atoms with Crippen molar-refractivity contribution in [1.82, 2.24) is 9.80 Å². The molecule has 1 aliphatic heterocycles. The van der Waals surface area contributed by atoms with E-state index in [-0.39, 0.29) is 30.8 Å². The molecule has 0 aromatic heterocycles. The van der Waals surface area contributed by atoms with E-state index < -0.39 is 29.2 Å². The van der Waals surface area contributed by atoms with Gasteiger partial charge in [0.2, 0.25) is 0 Å². The summed E-state index contributed by atoms with van der Waals surface area (Å²) in [6.45, 7) is 1.30. The Bertz CT molecular complexity index is 1060. The van der Waals surface area contributed by atoms with E-state index in [1.165, 1.54) is 29.2 Å². The van der Waals surface area contributed by atoms with Crippen molar-refractivity contribution in [2.45, 2.75) is 6.04 Å². The Morgan fingerprint density at radius 3 is 1.61 bits per heavy atom. The molecule has 1 fully saturated rings. The van der Waals surface area contributed by atoms with E-state index in [0.717, 1.165) is 11.1 Å². The largest absolute Gasteiger partial charge is 0.322 e. The third-order valence-corrected chi connectivity index (χ3v) is 5.58. The molecule has 0 unspecified atom stereocenters. The molecule has 0 radical (unpaired) electrons. The molecule has 172 valence electrons. The number of nitrogens with one attached hydrogen (secondary N) is 1. The second-order valence-electron chi connectivity index (χ2n) is 7.70. The predicted molar refractivity (Wildman–Crippen MR) is 113 cm³/mol. The summed E-state index contributed by atoms with van der Waals surface area (Å²) < 4.78 is 67.7. The minimum absolute atomic E-state index is 0.245. The Hall–Kier alpha value is -3.46. The highest BCUT2D eigenvalue weighted by Gasteiger charge is 2.29. The highest BCUT2D eigenvalue weighted by Crippen LogP contribution is 2.30. The van der Waals surface area contributed by atoms with Crippen LogP contribution in [-0.4, -0.2) is 42.0 Å². The summed E-state index contributed by atoms with van der Waals surface area (Å²) >= 11 is 0. The van der Waals surface area contributed by atoms with Crippen molar-refractivity contribution < 1.29 is 26.7 Å². The van der Waals surface area contributed by atoms with Crippen LogP contribution in [0.25, 0.3) is 0 Å². The van der Waals surface area contributed by atoms with Crippen molar-refractivity contribution in [1.29, 1.82) is 0 Å². The van der Waals surface area contributed by atoms with Crippen molar-refractivity contribution in [2.75, 3.05) is 31.5 Å². The summed E-state index contributed by atoms with van der Waals surface area (Å²) in [5.41, 5.74) is 0.895. The molecule has 33 heavy (non-hydrogen) atoms. The van der Waals surface area contributed by atoms with Gasteiger partial charge in [0, 0.05) is 38.3 Å². The fraction of sp³-hybridized carbons (Fsp3) is 0.208. The molecule has 0 saturated carbocycles. The van der Waals surface area contributed by atoms with Crippen LogP contribution in [0.15, 0.2) is 60.7 Å². The maximum absolute atomic E-state index is 13.9. The molecule has 0 aliphatic carbocycles. The van der Waals surface area contributed by atoms with Crippen LogP contribution < -0.4 is 5.32 Å². The number of benzene rings is 3. The van der Waals surface area contributed by atoms with Crippen molar-refractivity contribution in [3.8, 4) is 0 Å². The monoisotopic (exact) mass is 461 g/mol. The van der Waals surface area contributed by atoms with E-state index in [2.05, 4.69) is 10.2 Å². The molecule has 4 rings (SSSR count). The number of halogens is 5. The number of urea groups is 1. The van der Waals surface area contributed by atoms with Gasteiger partial charge in [-0.05, 0) is 35.4 Å². The first-order valence-electron chi connectivity index (χ1n) is 10.3. The lowest BCUT2D eigenvalue weighted by molar-refractivity contribution is 0.126. The highest BCUT2D eigenvalue weighted by atomic mass is 19.2. The predicted octanol–water partition coefficient (Wildman–Crippen LogP) is 5.32. The van der Waals surface area contributed by atoms with Gasteiger partial charge in [-0.1, -0.05) is 24.3 Å². The first-order chi connectivity index (χ1) is 15.8. The molecule has 0 atom stereocenters. The van der Waals surface area contributed by atoms with Crippen molar-refractivity contribution in [3.05, 3.63) is 101 Å².